The Labute approximate surface area is 154 Å². The molecule has 0 aromatic heterocycles. The van der Waals surface area contributed by atoms with Gasteiger partial charge in [0.1, 0.15) is 6.54 Å². The molecule has 1 saturated heterocycles. The molecule has 0 spiro atoms. The number of amides is 1. The number of hydrogen-bond acceptors (Lipinski definition) is 3. The van der Waals surface area contributed by atoms with E-state index in [-0.39, 0.29) is 18.5 Å². The van der Waals surface area contributed by atoms with Crippen LogP contribution < -0.4 is 10.6 Å². The average molecular weight is 367 g/mol. The van der Waals surface area contributed by atoms with Crippen LogP contribution >= 0.6 is 11.6 Å². The molecule has 2 atom stereocenters. The first-order valence-corrected chi connectivity index (χ1v) is 8.91. The van der Waals surface area contributed by atoms with Gasteiger partial charge >= 0.3 is 0 Å². The Kier molecular flexibility index (Phi) is 7.52. The standard InChI is InChI=1S/C18H27ClN4O2/c1-13(15-5-4-6-16(19)9-15)22-18(21-11-17(24)23(2)3)20-10-14-7-8-25-12-14/h4-6,9,13-14H,7-8,10-12H2,1-3H3,(H2,20,21,22). The Hall–Kier alpha value is -1.79. The Bertz CT molecular complexity index is 600. The van der Waals surface area contributed by atoms with Crippen molar-refractivity contribution in [3.8, 4) is 0 Å². The van der Waals surface area contributed by atoms with Crippen LogP contribution in [0.15, 0.2) is 29.3 Å². The van der Waals surface area contributed by atoms with E-state index < -0.39 is 0 Å². The van der Waals surface area contributed by atoms with Crippen LogP contribution in [-0.2, 0) is 9.53 Å². The van der Waals surface area contributed by atoms with Gasteiger partial charge in [-0.15, -0.1) is 0 Å². The summed E-state index contributed by atoms with van der Waals surface area (Å²) in [5.74, 6) is 1.05. The van der Waals surface area contributed by atoms with Crippen LogP contribution in [0.5, 0.6) is 0 Å². The number of nitrogens with one attached hydrogen (secondary N) is 2. The second kappa shape index (κ2) is 9.63. The number of rotatable bonds is 6. The van der Waals surface area contributed by atoms with Crippen molar-refractivity contribution in [1.82, 2.24) is 15.5 Å². The fourth-order valence-corrected chi connectivity index (χ4v) is 2.69. The summed E-state index contributed by atoms with van der Waals surface area (Å²) in [6, 6.07) is 7.72. The Balaban J connectivity index is 2.01. The molecule has 0 aliphatic carbocycles. The minimum atomic E-state index is -0.0410. The summed E-state index contributed by atoms with van der Waals surface area (Å²) < 4.78 is 5.41. The normalized spacial score (nSPS) is 18.7. The topological polar surface area (TPSA) is 66.0 Å². The number of benzene rings is 1. The molecule has 1 aliphatic heterocycles. The predicted octanol–water partition coefficient (Wildman–Crippen LogP) is 2.06. The van der Waals surface area contributed by atoms with Gasteiger partial charge in [0.05, 0.1) is 12.6 Å². The number of halogens is 1. The maximum Gasteiger partial charge on any atom is 0.243 e. The molecule has 1 aliphatic rings. The lowest BCUT2D eigenvalue weighted by Crippen LogP contribution is -2.42. The van der Waals surface area contributed by atoms with Crippen LogP contribution in [0.1, 0.15) is 24.9 Å². The van der Waals surface area contributed by atoms with Crippen molar-refractivity contribution < 1.29 is 9.53 Å². The monoisotopic (exact) mass is 366 g/mol. The maximum atomic E-state index is 11.8. The molecule has 138 valence electrons. The summed E-state index contributed by atoms with van der Waals surface area (Å²) in [7, 11) is 3.45. The first-order chi connectivity index (χ1) is 12.0. The molecule has 0 saturated carbocycles. The van der Waals surface area contributed by atoms with Gasteiger partial charge in [0.2, 0.25) is 5.91 Å². The zero-order chi connectivity index (χ0) is 18.2. The number of carbonyl (C=O) groups excluding carboxylic acids is 1. The summed E-state index contributed by atoms with van der Waals surface area (Å²) in [5, 5.41) is 7.37. The van der Waals surface area contributed by atoms with Gasteiger partial charge in [-0.05, 0) is 31.0 Å². The first-order valence-electron chi connectivity index (χ1n) is 8.54. The lowest BCUT2D eigenvalue weighted by atomic mass is 10.1. The molecule has 1 heterocycles. The van der Waals surface area contributed by atoms with Crippen molar-refractivity contribution in [2.24, 2.45) is 10.9 Å². The second-order valence-corrected chi connectivity index (χ2v) is 6.92. The van der Waals surface area contributed by atoms with E-state index in [1.807, 2.05) is 31.2 Å². The van der Waals surface area contributed by atoms with Gasteiger partial charge in [-0.1, -0.05) is 23.7 Å². The third-order valence-electron chi connectivity index (χ3n) is 4.16. The molecule has 25 heavy (non-hydrogen) atoms. The number of hydrogen-bond donors (Lipinski definition) is 2. The van der Waals surface area contributed by atoms with Crippen LogP contribution in [0.25, 0.3) is 0 Å². The zero-order valence-electron chi connectivity index (χ0n) is 15.1. The van der Waals surface area contributed by atoms with Gasteiger partial charge in [-0.25, -0.2) is 4.99 Å². The molecule has 6 nitrogen and oxygen atoms in total. The van der Waals surface area contributed by atoms with E-state index in [0.717, 1.165) is 31.7 Å². The van der Waals surface area contributed by atoms with Gasteiger partial charge in [0.15, 0.2) is 5.96 Å². The highest BCUT2D eigenvalue weighted by molar-refractivity contribution is 6.30. The third-order valence-corrected chi connectivity index (χ3v) is 4.39. The highest BCUT2D eigenvalue weighted by Crippen LogP contribution is 2.17. The number of likely N-dealkylation sites (N-methyl/N-ethyl adjacent to an activating group) is 1. The summed E-state index contributed by atoms with van der Waals surface area (Å²) >= 11 is 6.07. The lowest BCUT2D eigenvalue weighted by Gasteiger charge is -2.20. The van der Waals surface area contributed by atoms with Crippen LogP contribution in [0.4, 0.5) is 0 Å². The molecule has 7 heteroatoms. The highest BCUT2D eigenvalue weighted by Gasteiger charge is 2.17. The maximum absolute atomic E-state index is 11.8. The van der Waals surface area contributed by atoms with E-state index >= 15 is 0 Å². The fraction of sp³-hybridized carbons (Fsp3) is 0.556. The zero-order valence-corrected chi connectivity index (χ0v) is 15.8. The quantitative estimate of drug-likeness (QED) is 0.597. The molecular weight excluding hydrogens is 340 g/mol. The first kappa shape index (κ1) is 19.5. The SMILES string of the molecule is CC(NC(=NCC(=O)N(C)C)NCC1CCOC1)c1cccc(Cl)c1. The number of guanidine groups is 1. The van der Waals surface area contributed by atoms with Gasteiger partial charge in [-0.3, -0.25) is 4.79 Å². The molecule has 2 unspecified atom stereocenters. The van der Waals surface area contributed by atoms with E-state index in [1.54, 1.807) is 14.1 Å². The van der Waals surface area contributed by atoms with Crippen molar-refractivity contribution >= 4 is 23.5 Å². The molecule has 0 bridgehead atoms. The minimum absolute atomic E-state index is 0.0132. The van der Waals surface area contributed by atoms with Crippen molar-refractivity contribution in [2.75, 3.05) is 40.4 Å². The Morgan fingerprint density at radius 3 is 2.92 bits per heavy atom. The molecule has 2 rings (SSSR count). The van der Waals surface area contributed by atoms with Crippen LogP contribution in [0, 0.1) is 5.92 Å². The van der Waals surface area contributed by atoms with E-state index in [1.165, 1.54) is 4.90 Å². The third kappa shape index (κ3) is 6.55. The van der Waals surface area contributed by atoms with Crippen LogP contribution in [-0.4, -0.2) is 57.2 Å². The second-order valence-electron chi connectivity index (χ2n) is 6.48. The van der Waals surface area contributed by atoms with Crippen molar-refractivity contribution in [2.45, 2.75) is 19.4 Å². The average Bonchev–Trinajstić information content (AvgIpc) is 3.10. The number of aliphatic imine (C=N–C) groups is 1. The molecule has 1 aromatic rings. The highest BCUT2D eigenvalue weighted by atomic mass is 35.5. The molecule has 1 aromatic carbocycles. The molecule has 0 radical (unpaired) electrons. The molecule has 1 fully saturated rings. The van der Waals surface area contributed by atoms with Crippen molar-refractivity contribution in [1.29, 1.82) is 0 Å². The lowest BCUT2D eigenvalue weighted by molar-refractivity contribution is -0.127. The smallest absolute Gasteiger partial charge is 0.243 e. The van der Waals surface area contributed by atoms with Crippen molar-refractivity contribution in [3.05, 3.63) is 34.9 Å². The van der Waals surface area contributed by atoms with E-state index in [2.05, 4.69) is 15.6 Å². The summed E-state index contributed by atoms with van der Waals surface area (Å²) in [5.41, 5.74) is 1.06. The molecule has 2 N–H and O–H groups in total. The number of carbonyl (C=O) groups is 1. The number of nitrogens with zero attached hydrogens (tertiary/aromatic N) is 2. The van der Waals surface area contributed by atoms with E-state index in [4.69, 9.17) is 16.3 Å². The Morgan fingerprint density at radius 2 is 2.28 bits per heavy atom. The summed E-state index contributed by atoms with van der Waals surface area (Å²) in [6.45, 7) is 4.48. The largest absolute Gasteiger partial charge is 0.381 e. The van der Waals surface area contributed by atoms with E-state index in [9.17, 15) is 4.79 Å². The Morgan fingerprint density at radius 1 is 1.48 bits per heavy atom. The molecule has 1 amide bonds. The predicted molar refractivity (Wildman–Crippen MR) is 101 cm³/mol. The van der Waals surface area contributed by atoms with Crippen LogP contribution in [0.2, 0.25) is 5.02 Å². The van der Waals surface area contributed by atoms with Crippen molar-refractivity contribution in [3.63, 3.8) is 0 Å². The fourth-order valence-electron chi connectivity index (χ4n) is 2.49. The van der Waals surface area contributed by atoms with Crippen LogP contribution in [0.3, 0.4) is 0 Å². The minimum Gasteiger partial charge on any atom is -0.381 e. The summed E-state index contributed by atoms with van der Waals surface area (Å²) in [4.78, 5) is 17.8. The number of ether oxygens (including phenoxy) is 1. The summed E-state index contributed by atoms with van der Waals surface area (Å²) in [6.07, 6.45) is 1.04. The van der Waals surface area contributed by atoms with Gasteiger partial charge in [0.25, 0.3) is 0 Å². The van der Waals surface area contributed by atoms with Gasteiger partial charge in [-0.2, -0.15) is 0 Å². The van der Waals surface area contributed by atoms with Gasteiger partial charge in [0, 0.05) is 38.2 Å². The molecular formula is C18H27ClN4O2. The van der Waals surface area contributed by atoms with Gasteiger partial charge < -0.3 is 20.3 Å². The van der Waals surface area contributed by atoms with E-state index in [0.29, 0.717) is 16.9 Å².